The molecule has 2 aromatic carbocycles. The van der Waals surface area contributed by atoms with E-state index >= 15 is 0 Å². The molecule has 0 saturated heterocycles. The first kappa shape index (κ1) is 14.9. The van der Waals surface area contributed by atoms with Crippen LogP contribution in [0.1, 0.15) is 11.1 Å². The molecule has 0 amide bonds. The number of hydrogen-bond donors (Lipinski definition) is 0. The Morgan fingerprint density at radius 1 is 1.00 bits per heavy atom. The summed E-state index contributed by atoms with van der Waals surface area (Å²) < 4.78 is 24.8. The van der Waals surface area contributed by atoms with Crippen LogP contribution in [0, 0.1) is 11.3 Å². The van der Waals surface area contributed by atoms with Crippen LogP contribution in [0.15, 0.2) is 47.4 Å². The van der Waals surface area contributed by atoms with Crippen LogP contribution in [-0.4, -0.2) is 8.42 Å². The number of benzene rings is 2. The van der Waals surface area contributed by atoms with Crippen molar-refractivity contribution in [3.05, 3.63) is 63.6 Å². The van der Waals surface area contributed by atoms with Crippen LogP contribution in [0.25, 0.3) is 0 Å². The van der Waals surface area contributed by atoms with Crippen LogP contribution < -0.4 is 0 Å². The molecule has 0 radical (unpaired) electrons. The number of nitriles is 1. The summed E-state index contributed by atoms with van der Waals surface area (Å²) >= 11 is 12.0. The molecule has 0 spiro atoms. The van der Waals surface area contributed by atoms with E-state index in [0.717, 1.165) is 0 Å². The van der Waals surface area contributed by atoms with Crippen LogP contribution in [0.3, 0.4) is 0 Å². The highest BCUT2D eigenvalue weighted by atomic mass is 35.5. The van der Waals surface area contributed by atoms with Crippen molar-refractivity contribution in [1.82, 2.24) is 0 Å². The lowest BCUT2D eigenvalue weighted by Crippen LogP contribution is -2.07. The maximum absolute atomic E-state index is 12.4. The molecule has 6 heteroatoms. The van der Waals surface area contributed by atoms with Gasteiger partial charge in [0.15, 0.2) is 9.84 Å². The van der Waals surface area contributed by atoms with E-state index in [4.69, 9.17) is 28.5 Å². The van der Waals surface area contributed by atoms with Gasteiger partial charge in [-0.25, -0.2) is 8.42 Å². The van der Waals surface area contributed by atoms with Crippen molar-refractivity contribution >= 4 is 33.0 Å². The van der Waals surface area contributed by atoms with Gasteiger partial charge < -0.3 is 0 Å². The predicted octanol–water partition coefficient (Wildman–Crippen LogP) is 3.84. The van der Waals surface area contributed by atoms with Gasteiger partial charge in [0.2, 0.25) is 0 Å². The Morgan fingerprint density at radius 2 is 1.60 bits per heavy atom. The zero-order valence-electron chi connectivity index (χ0n) is 10.2. The summed E-state index contributed by atoms with van der Waals surface area (Å²) in [5, 5.41) is 9.57. The normalized spacial score (nSPS) is 11.1. The third-order valence-corrected chi connectivity index (χ3v) is 5.14. The summed E-state index contributed by atoms with van der Waals surface area (Å²) in [6.45, 7) is 0. The second kappa shape index (κ2) is 5.84. The van der Waals surface area contributed by atoms with Gasteiger partial charge in [-0.1, -0.05) is 41.4 Å². The van der Waals surface area contributed by atoms with Crippen molar-refractivity contribution in [3.8, 4) is 6.07 Å². The van der Waals surface area contributed by atoms with E-state index in [1.807, 2.05) is 6.07 Å². The fourth-order valence-electron chi connectivity index (χ4n) is 1.77. The number of nitrogens with zero attached hydrogens (tertiary/aromatic N) is 1. The Balaban J connectivity index is 2.50. The van der Waals surface area contributed by atoms with Crippen molar-refractivity contribution in [2.75, 3.05) is 0 Å². The topological polar surface area (TPSA) is 57.9 Å². The lowest BCUT2D eigenvalue weighted by molar-refractivity contribution is 0.595. The SMILES string of the molecule is N#Cc1ccccc1S(=O)(=O)Cc1c(Cl)cccc1Cl. The Hall–Kier alpha value is -1.54. The highest BCUT2D eigenvalue weighted by Crippen LogP contribution is 2.29. The van der Waals surface area contributed by atoms with E-state index in [0.29, 0.717) is 5.56 Å². The molecule has 0 saturated carbocycles. The molecule has 2 aromatic rings. The van der Waals surface area contributed by atoms with Crippen molar-refractivity contribution in [2.24, 2.45) is 0 Å². The fourth-order valence-corrected chi connectivity index (χ4v) is 4.04. The average molecular weight is 326 g/mol. The molecule has 0 aliphatic rings. The van der Waals surface area contributed by atoms with Gasteiger partial charge in [-0.15, -0.1) is 0 Å². The molecule has 2 rings (SSSR count). The average Bonchev–Trinajstić information content (AvgIpc) is 2.43. The minimum absolute atomic E-state index is 0.0153. The second-order valence-corrected chi connectivity index (χ2v) is 6.84. The van der Waals surface area contributed by atoms with Gasteiger partial charge >= 0.3 is 0 Å². The summed E-state index contributed by atoms with van der Waals surface area (Å²) in [4.78, 5) is -0.0153. The predicted molar refractivity (Wildman–Crippen MR) is 78.5 cm³/mol. The number of rotatable bonds is 3. The Kier molecular flexibility index (Phi) is 4.34. The molecule has 0 fully saturated rings. The van der Waals surface area contributed by atoms with E-state index in [-0.39, 0.29) is 26.3 Å². The molecule has 0 heterocycles. The van der Waals surface area contributed by atoms with E-state index in [1.54, 1.807) is 30.3 Å². The largest absolute Gasteiger partial charge is 0.223 e. The first-order chi connectivity index (χ1) is 9.45. The van der Waals surface area contributed by atoms with Gasteiger partial charge in [0, 0.05) is 15.6 Å². The van der Waals surface area contributed by atoms with E-state index < -0.39 is 9.84 Å². The molecule has 0 N–H and O–H groups in total. The molecular formula is C14H9Cl2NO2S. The lowest BCUT2D eigenvalue weighted by atomic mass is 10.2. The summed E-state index contributed by atoms with van der Waals surface area (Å²) in [6.07, 6.45) is 0. The lowest BCUT2D eigenvalue weighted by Gasteiger charge is -2.09. The minimum atomic E-state index is -3.69. The summed E-state index contributed by atoms with van der Waals surface area (Å²) in [6, 6.07) is 12.7. The zero-order valence-corrected chi connectivity index (χ0v) is 12.5. The van der Waals surface area contributed by atoms with E-state index in [1.165, 1.54) is 12.1 Å². The second-order valence-electron chi connectivity index (χ2n) is 4.07. The third-order valence-electron chi connectivity index (χ3n) is 2.74. The minimum Gasteiger partial charge on any atom is -0.223 e. The first-order valence-electron chi connectivity index (χ1n) is 5.60. The maximum Gasteiger partial charge on any atom is 0.183 e. The molecular weight excluding hydrogens is 317 g/mol. The number of halogens is 2. The maximum atomic E-state index is 12.4. The van der Waals surface area contributed by atoms with Crippen LogP contribution in [0.5, 0.6) is 0 Å². The zero-order chi connectivity index (χ0) is 14.8. The van der Waals surface area contributed by atoms with Crippen molar-refractivity contribution in [2.45, 2.75) is 10.6 Å². The highest BCUT2D eigenvalue weighted by Gasteiger charge is 2.21. The number of hydrogen-bond acceptors (Lipinski definition) is 3. The Labute approximate surface area is 127 Å². The van der Waals surface area contributed by atoms with Crippen molar-refractivity contribution in [3.63, 3.8) is 0 Å². The van der Waals surface area contributed by atoms with Crippen LogP contribution >= 0.6 is 23.2 Å². The molecule has 0 aliphatic carbocycles. The number of sulfone groups is 1. The first-order valence-corrected chi connectivity index (χ1v) is 8.01. The van der Waals surface area contributed by atoms with Gasteiger partial charge in [0.1, 0.15) is 6.07 Å². The molecule has 0 aromatic heterocycles. The molecule has 102 valence electrons. The Bertz CT molecular complexity index is 775. The molecule has 0 bridgehead atoms. The summed E-state index contributed by atoms with van der Waals surface area (Å²) in [5.41, 5.74) is 0.444. The third kappa shape index (κ3) is 2.96. The smallest absolute Gasteiger partial charge is 0.183 e. The summed E-state index contributed by atoms with van der Waals surface area (Å²) in [5.74, 6) is -0.343. The monoisotopic (exact) mass is 325 g/mol. The van der Waals surface area contributed by atoms with Gasteiger partial charge in [-0.3, -0.25) is 0 Å². The fraction of sp³-hybridized carbons (Fsp3) is 0.0714. The Morgan fingerprint density at radius 3 is 2.20 bits per heavy atom. The highest BCUT2D eigenvalue weighted by molar-refractivity contribution is 7.90. The van der Waals surface area contributed by atoms with Crippen molar-refractivity contribution in [1.29, 1.82) is 5.26 Å². The van der Waals surface area contributed by atoms with Gasteiger partial charge in [-0.2, -0.15) is 5.26 Å². The van der Waals surface area contributed by atoms with Gasteiger partial charge in [-0.05, 0) is 24.3 Å². The van der Waals surface area contributed by atoms with E-state index in [2.05, 4.69) is 0 Å². The van der Waals surface area contributed by atoms with Gasteiger partial charge in [0.25, 0.3) is 0 Å². The molecule has 20 heavy (non-hydrogen) atoms. The quantitative estimate of drug-likeness (QED) is 0.861. The molecule has 3 nitrogen and oxygen atoms in total. The molecule has 0 unspecified atom stereocenters. The van der Waals surface area contributed by atoms with Crippen LogP contribution in [0.4, 0.5) is 0 Å². The van der Waals surface area contributed by atoms with Crippen LogP contribution in [-0.2, 0) is 15.6 Å². The molecule has 0 atom stereocenters. The van der Waals surface area contributed by atoms with Crippen molar-refractivity contribution < 1.29 is 8.42 Å². The van der Waals surface area contributed by atoms with Gasteiger partial charge in [0.05, 0.1) is 16.2 Å². The molecule has 0 aliphatic heterocycles. The standard InChI is InChI=1S/C14H9Cl2NO2S/c15-12-5-3-6-13(16)11(12)9-20(18,19)14-7-2-1-4-10(14)8-17/h1-7H,9H2. The summed E-state index contributed by atoms with van der Waals surface area (Å²) in [7, 11) is -3.69. The van der Waals surface area contributed by atoms with E-state index in [9.17, 15) is 8.42 Å². The van der Waals surface area contributed by atoms with Crippen LogP contribution in [0.2, 0.25) is 10.0 Å².